The molecule has 0 unspecified atom stereocenters. The molecular weight excluding hydrogens is 443 g/mol. The zero-order chi connectivity index (χ0) is 15.9. The lowest BCUT2D eigenvalue weighted by Gasteiger charge is -2.21. The van der Waals surface area contributed by atoms with Crippen molar-refractivity contribution in [3.8, 4) is 0 Å². The van der Waals surface area contributed by atoms with Gasteiger partial charge in [0.15, 0.2) is 5.96 Å². The number of nitrogens with one attached hydrogen (secondary N) is 1. The van der Waals surface area contributed by atoms with Crippen molar-refractivity contribution in [3.05, 3.63) is 50.9 Å². The SMILES string of the molecule is CN=C(NCCc1ccc(C)nc1)N(C)Cc1ccc(Cl)s1.I. The minimum absolute atomic E-state index is 0. The van der Waals surface area contributed by atoms with Crippen LogP contribution in [0.3, 0.4) is 0 Å². The first-order valence-corrected chi connectivity index (χ1v) is 8.35. The molecule has 0 fully saturated rings. The van der Waals surface area contributed by atoms with Crippen LogP contribution in [-0.4, -0.2) is 36.5 Å². The molecule has 2 heterocycles. The van der Waals surface area contributed by atoms with Gasteiger partial charge in [-0.2, -0.15) is 0 Å². The number of nitrogens with zero attached hydrogens (tertiary/aromatic N) is 3. The number of rotatable bonds is 5. The largest absolute Gasteiger partial charge is 0.356 e. The molecular formula is C16H22ClIN4S. The second kappa shape index (κ2) is 10.1. The smallest absolute Gasteiger partial charge is 0.193 e. The minimum Gasteiger partial charge on any atom is -0.356 e. The van der Waals surface area contributed by atoms with Crippen LogP contribution in [0.25, 0.3) is 0 Å². The Morgan fingerprint density at radius 3 is 2.70 bits per heavy atom. The molecule has 0 amide bonds. The van der Waals surface area contributed by atoms with E-state index in [0.29, 0.717) is 0 Å². The molecule has 0 aliphatic rings. The van der Waals surface area contributed by atoms with Gasteiger partial charge in [-0.3, -0.25) is 9.98 Å². The van der Waals surface area contributed by atoms with Gasteiger partial charge in [-0.25, -0.2) is 0 Å². The number of aryl methyl sites for hydroxylation is 1. The normalized spacial score (nSPS) is 11.0. The van der Waals surface area contributed by atoms with Crippen LogP contribution in [0.4, 0.5) is 0 Å². The summed E-state index contributed by atoms with van der Waals surface area (Å²) in [5.74, 6) is 0.879. The van der Waals surface area contributed by atoms with E-state index in [4.69, 9.17) is 11.6 Å². The van der Waals surface area contributed by atoms with Crippen molar-refractivity contribution < 1.29 is 0 Å². The molecule has 0 spiro atoms. The van der Waals surface area contributed by atoms with Gasteiger partial charge in [0.25, 0.3) is 0 Å². The lowest BCUT2D eigenvalue weighted by atomic mass is 10.2. The molecule has 7 heteroatoms. The summed E-state index contributed by atoms with van der Waals surface area (Å²) in [7, 11) is 3.82. The van der Waals surface area contributed by atoms with E-state index in [0.717, 1.165) is 35.5 Å². The fraction of sp³-hybridized carbons (Fsp3) is 0.375. The van der Waals surface area contributed by atoms with Crippen LogP contribution in [0.1, 0.15) is 16.1 Å². The van der Waals surface area contributed by atoms with E-state index in [9.17, 15) is 0 Å². The molecule has 4 nitrogen and oxygen atoms in total. The average Bonchev–Trinajstić information content (AvgIpc) is 2.90. The number of hydrogen-bond acceptors (Lipinski definition) is 3. The summed E-state index contributed by atoms with van der Waals surface area (Å²) >= 11 is 7.57. The van der Waals surface area contributed by atoms with Crippen molar-refractivity contribution in [2.45, 2.75) is 19.9 Å². The second-order valence-electron chi connectivity index (χ2n) is 5.09. The fourth-order valence-corrected chi connectivity index (χ4v) is 3.24. The topological polar surface area (TPSA) is 40.5 Å². The molecule has 0 radical (unpaired) electrons. The molecule has 0 saturated carbocycles. The zero-order valence-electron chi connectivity index (χ0n) is 13.5. The lowest BCUT2D eigenvalue weighted by Crippen LogP contribution is -2.39. The van der Waals surface area contributed by atoms with E-state index in [1.807, 2.05) is 32.3 Å². The van der Waals surface area contributed by atoms with Gasteiger partial charge in [-0.05, 0) is 37.1 Å². The van der Waals surface area contributed by atoms with Crippen molar-refractivity contribution in [1.29, 1.82) is 0 Å². The third kappa shape index (κ3) is 6.64. The Labute approximate surface area is 164 Å². The molecule has 23 heavy (non-hydrogen) atoms. The Kier molecular flexibility index (Phi) is 8.86. The standard InChI is InChI=1S/C16H21ClN4S.HI/c1-12-4-5-13(10-20-12)8-9-19-16(18-2)21(3)11-14-6-7-15(17)22-14;/h4-7,10H,8-9,11H2,1-3H3,(H,18,19);1H. The minimum atomic E-state index is 0. The van der Waals surface area contributed by atoms with Crippen molar-refractivity contribution in [3.63, 3.8) is 0 Å². The van der Waals surface area contributed by atoms with E-state index < -0.39 is 0 Å². The zero-order valence-corrected chi connectivity index (χ0v) is 17.4. The molecule has 1 N–H and O–H groups in total. The summed E-state index contributed by atoms with van der Waals surface area (Å²) in [6.07, 6.45) is 2.85. The van der Waals surface area contributed by atoms with Crippen LogP contribution >= 0.6 is 46.9 Å². The van der Waals surface area contributed by atoms with Crippen molar-refractivity contribution in [1.82, 2.24) is 15.2 Å². The van der Waals surface area contributed by atoms with E-state index in [1.54, 1.807) is 18.4 Å². The summed E-state index contributed by atoms with van der Waals surface area (Å²) in [5.41, 5.74) is 2.27. The van der Waals surface area contributed by atoms with Gasteiger partial charge in [0.1, 0.15) is 0 Å². The van der Waals surface area contributed by atoms with E-state index in [2.05, 4.69) is 32.3 Å². The molecule has 126 valence electrons. The fourth-order valence-electron chi connectivity index (χ4n) is 2.10. The summed E-state index contributed by atoms with van der Waals surface area (Å²) in [6.45, 7) is 3.62. The van der Waals surface area contributed by atoms with Crippen LogP contribution in [0.15, 0.2) is 35.5 Å². The van der Waals surface area contributed by atoms with Crippen LogP contribution in [0, 0.1) is 6.92 Å². The van der Waals surface area contributed by atoms with E-state index in [-0.39, 0.29) is 24.0 Å². The van der Waals surface area contributed by atoms with E-state index in [1.165, 1.54) is 10.4 Å². The molecule has 0 aromatic carbocycles. The third-order valence-corrected chi connectivity index (χ3v) is 4.48. The van der Waals surface area contributed by atoms with Gasteiger partial charge in [0.05, 0.1) is 10.9 Å². The maximum absolute atomic E-state index is 5.97. The van der Waals surface area contributed by atoms with Gasteiger partial charge in [-0.15, -0.1) is 35.3 Å². The number of aromatic nitrogens is 1. The van der Waals surface area contributed by atoms with Crippen molar-refractivity contribution in [2.24, 2.45) is 4.99 Å². The van der Waals surface area contributed by atoms with Gasteiger partial charge in [0.2, 0.25) is 0 Å². The summed E-state index contributed by atoms with van der Waals surface area (Å²) in [4.78, 5) is 11.9. The Morgan fingerprint density at radius 1 is 1.35 bits per heavy atom. The molecule has 0 aliphatic carbocycles. The van der Waals surface area contributed by atoms with Gasteiger partial charge in [0, 0.05) is 37.4 Å². The van der Waals surface area contributed by atoms with Gasteiger partial charge >= 0.3 is 0 Å². The lowest BCUT2D eigenvalue weighted by molar-refractivity contribution is 0.482. The monoisotopic (exact) mass is 464 g/mol. The third-order valence-electron chi connectivity index (χ3n) is 3.26. The molecule has 0 atom stereocenters. The predicted octanol–water partition coefficient (Wildman–Crippen LogP) is 3.97. The van der Waals surface area contributed by atoms with Gasteiger partial charge < -0.3 is 10.2 Å². The van der Waals surface area contributed by atoms with Crippen LogP contribution in [-0.2, 0) is 13.0 Å². The number of halogens is 2. The average molecular weight is 465 g/mol. The molecule has 0 aliphatic heterocycles. The number of hydrogen-bond donors (Lipinski definition) is 1. The maximum Gasteiger partial charge on any atom is 0.193 e. The Balaban J connectivity index is 0.00000264. The molecule has 2 rings (SSSR count). The first-order valence-electron chi connectivity index (χ1n) is 7.16. The number of aliphatic imine (C=N–C) groups is 1. The highest BCUT2D eigenvalue weighted by atomic mass is 127. The Morgan fingerprint density at radius 2 is 2.13 bits per heavy atom. The number of thiophene rings is 1. The molecule has 0 saturated heterocycles. The van der Waals surface area contributed by atoms with Crippen molar-refractivity contribution in [2.75, 3.05) is 20.6 Å². The Bertz CT molecular complexity index is 627. The van der Waals surface area contributed by atoms with Gasteiger partial charge in [-0.1, -0.05) is 17.7 Å². The van der Waals surface area contributed by atoms with Crippen LogP contribution in [0.5, 0.6) is 0 Å². The number of pyridine rings is 1. The molecule has 2 aromatic rings. The first-order chi connectivity index (χ1) is 10.6. The Hall–Kier alpha value is -0.860. The van der Waals surface area contributed by atoms with Crippen LogP contribution < -0.4 is 5.32 Å². The quantitative estimate of drug-likeness (QED) is 0.413. The van der Waals surface area contributed by atoms with Crippen LogP contribution in [0.2, 0.25) is 4.34 Å². The maximum atomic E-state index is 5.97. The van der Waals surface area contributed by atoms with Crippen molar-refractivity contribution >= 4 is 52.9 Å². The first kappa shape index (κ1) is 20.2. The second-order valence-corrected chi connectivity index (χ2v) is 6.89. The molecule has 0 bridgehead atoms. The predicted molar refractivity (Wildman–Crippen MR) is 110 cm³/mol. The summed E-state index contributed by atoms with van der Waals surface area (Å²) < 4.78 is 0.818. The highest BCUT2D eigenvalue weighted by Gasteiger charge is 2.08. The summed E-state index contributed by atoms with van der Waals surface area (Å²) in [5, 5.41) is 3.38. The van der Waals surface area contributed by atoms with E-state index >= 15 is 0 Å². The highest BCUT2D eigenvalue weighted by Crippen LogP contribution is 2.22. The summed E-state index contributed by atoms with van der Waals surface area (Å²) in [6, 6.07) is 8.13. The molecule has 2 aromatic heterocycles. The highest BCUT2D eigenvalue weighted by molar-refractivity contribution is 14.0. The number of guanidine groups is 1.